The van der Waals surface area contributed by atoms with Gasteiger partial charge in [0.2, 0.25) is 0 Å². The van der Waals surface area contributed by atoms with Crippen molar-refractivity contribution in [3.05, 3.63) is 176 Å². The van der Waals surface area contributed by atoms with Gasteiger partial charge in [-0.15, -0.1) is 0 Å². The zero-order valence-corrected chi connectivity index (χ0v) is 89.8. The molecule has 10 aliphatic rings. The molecule has 10 aromatic heterocycles. The maximum absolute atomic E-state index is 12.4. The van der Waals surface area contributed by atoms with Crippen molar-refractivity contribution in [2.24, 2.45) is 28.2 Å². The summed E-state index contributed by atoms with van der Waals surface area (Å²) >= 11 is 23.4. The van der Waals surface area contributed by atoms with Crippen LogP contribution in [-0.2, 0) is 39.1 Å². The van der Waals surface area contributed by atoms with Crippen LogP contribution in [0.2, 0.25) is 20.6 Å². The molecular formula is C101H160Cl4F3N31O2. The Bertz CT molecular complexity index is 5120. The Morgan fingerprint density at radius 3 is 1.09 bits per heavy atom. The maximum Gasteiger partial charge on any atom is 0.432 e. The third kappa shape index (κ3) is 35.2. The van der Waals surface area contributed by atoms with Crippen LogP contribution in [0.15, 0.2) is 74.4 Å². The highest BCUT2D eigenvalue weighted by atomic mass is 35.5. The predicted molar refractivity (Wildman–Crippen MR) is 554 cm³/mol. The summed E-state index contributed by atoms with van der Waals surface area (Å²) in [7, 11) is 29.8. The van der Waals surface area contributed by atoms with Crippen LogP contribution < -0.4 is 0 Å². The number of rotatable bonds is 11. The van der Waals surface area contributed by atoms with Crippen molar-refractivity contribution in [3.8, 4) is 6.07 Å². The molecule has 0 atom stereocenters. The van der Waals surface area contributed by atoms with Crippen LogP contribution >= 0.6 is 46.4 Å². The normalized spacial score (nSPS) is 20.1. The molecule has 20 heterocycles. The average Bonchev–Trinajstić information content (AvgIpc) is 1.70. The first kappa shape index (κ1) is 113. The number of aromatic amines is 5. The van der Waals surface area contributed by atoms with Crippen LogP contribution in [0, 0.1) is 25.2 Å². The Hall–Kier alpha value is -8.39. The number of aryl methyl sites for hydroxylation is 4. The van der Waals surface area contributed by atoms with Crippen molar-refractivity contribution in [2.45, 2.75) is 215 Å². The van der Waals surface area contributed by atoms with Gasteiger partial charge in [0.05, 0.1) is 37.1 Å². The number of imidazole rings is 10. The minimum atomic E-state index is -4.32. The van der Waals surface area contributed by atoms with Gasteiger partial charge in [-0.25, -0.2) is 59.2 Å². The van der Waals surface area contributed by atoms with E-state index >= 15 is 0 Å². The smallest absolute Gasteiger partial charge is 0.432 e. The number of carbonyl (C=O) groups excluding carboxylic acids is 1. The van der Waals surface area contributed by atoms with E-state index in [0.29, 0.717) is 86.8 Å². The lowest BCUT2D eigenvalue weighted by Gasteiger charge is -2.28. The van der Waals surface area contributed by atoms with Crippen molar-refractivity contribution in [2.75, 3.05) is 208 Å². The fourth-order valence-corrected chi connectivity index (χ4v) is 20.6. The molecule has 780 valence electrons. The molecule has 141 heavy (non-hydrogen) atoms. The van der Waals surface area contributed by atoms with Crippen LogP contribution in [0.1, 0.15) is 276 Å². The minimum Gasteiger partial charge on any atom is -0.449 e. The number of nitriles is 1. The predicted octanol–water partition coefficient (Wildman–Crippen LogP) is 16.8. The van der Waals surface area contributed by atoms with E-state index in [-0.39, 0.29) is 12.0 Å². The van der Waals surface area contributed by atoms with E-state index in [4.69, 9.17) is 56.4 Å². The SMILES string of the molecule is CCOC(=O)n1ccnc1C1CCN(C)CC1.CN1CCC(c2nc(Cl)c(Cl)[nH]2)CC1.CN1CCC(c2ncc(C#N)[nH]2)CC1.CN1CCC(c2ncc(C(F)(F)F)[nH]2)CC1.CN1CCC(c2ncc(Cl)[nH]2)CC1.CN1CCC(c2ncc(Cl)n2C)CC1.CN1CCC(c2ncc[nH]2)CC1.CN1CCC(c2nccn2C)CC1.Cc1cn(C)c(C2CCN(C)CC2)n1.Cc1cnc(C2CCN(C)CC2)n1C. The van der Waals surface area contributed by atoms with Crippen molar-refractivity contribution < 1.29 is 22.7 Å². The molecule has 40 heteroatoms. The number of alkyl halides is 3. The molecule has 5 N–H and O–H groups in total. The fraction of sp³-hybridized carbons (Fsp3) is 0.683. The Morgan fingerprint density at radius 2 is 0.759 bits per heavy atom. The number of hydrogen-bond acceptors (Lipinski definition) is 23. The summed E-state index contributed by atoms with van der Waals surface area (Å²) in [5.41, 5.74) is 2.22. The second kappa shape index (κ2) is 56.3. The highest BCUT2D eigenvalue weighted by Gasteiger charge is 2.36. The minimum absolute atomic E-state index is 0.132. The van der Waals surface area contributed by atoms with Gasteiger partial charge < -0.3 is 96.9 Å². The van der Waals surface area contributed by atoms with Crippen molar-refractivity contribution in [3.63, 3.8) is 0 Å². The highest BCUT2D eigenvalue weighted by Crippen LogP contribution is 2.37. The number of ether oxygens (including phenoxy) is 1. The number of H-pyrrole nitrogens is 5. The van der Waals surface area contributed by atoms with Gasteiger partial charge in [-0.1, -0.05) is 46.4 Å². The Labute approximate surface area is 854 Å². The summed E-state index contributed by atoms with van der Waals surface area (Å²) < 4.78 is 52.2. The van der Waals surface area contributed by atoms with Crippen LogP contribution in [0.3, 0.4) is 0 Å². The van der Waals surface area contributed by atoms with Gasteiger partial charge in [-0.2, -0.15) is 18.4 Å². The standard InChI is InChI=1S/C12H19N3O2.2C11H19N3.C10H16ClN3.C10H14F3N3.C10H14N4.C10H17N3.C9H13Cl2N3.C9H14ClN3.C9H15N3/c1-3-17-12(16)15-9-6-13-11(15)10-4-7-14(2)8-5-10;1-9-8-14(3)11(12-9)10-4-6-13(2)7-5-10;1-9-8-12-11(14(9)3)10-4-6-13(2)7-5-10;1-13-5-3-8(4-6-13)10-12-7-9(11)14(10)2;1-16-4-2-7(3-5-16)9-14-6-8(15-9)10(11,12)13;1-14-4-2-8(3-5-14)10-12-7-9(6-11)13-10;1-12-6-3-9(4-7-12)10-11-5-8-13(10)2;1-14-4-2-6(3-5-14)9-12-7(10)8(11)13-9;1-13-4-2-7(3-5-13)9-11-6-8(10)12-9;1-12-6-2-8(3-7-12)9-10-4-5-11-9/h6,9-10H,3-5,7-8H2,1-2H3;2*8,10H,4-7H2,1-3H3;7-8H,3-6H2,1-2H3;6-7H,2-5H2,1H3,(H,14,15);7-8H,2-5H2,1H3,(H,12,13);5,8-9H,3-4,6-7H2,1-2H3;6H,2-5H2,1H3,(H,12,13);6-7H,2-5H2,1H3,(H,11,12);4-5,8H,2-3,6-7H2,1H3,(H,10,11). The quantitative estimate of drug-likeness (QED) is 0.0803. The van der Waals surface area contributed by atoms with E-state index in [9.17, 15) is 18.0 Å². The van der Waals surface area contributed by atoms with Crippen LogP contribution in [0.4, 0.5) is 18.0 Å². The van der Waals surface area contributed by atoms with Gasteiger partial charge in [0.1, 0.15) is 91.2 Å². The number of nitrogens with zero attached hydrogens (tertiary/aromatic N) is 26. The van der Waals surface area contributed by atoms with Gasteiger partial charge in [0, 0.05) is 143 Å². The molecule has 0 saturated carbocycles. The molecule has 10 aliphatic heterocycles. The Kier molecular flexibility index (Phi) is 45.1. The van der Waals surface area contributed by atoms with E-state index in [1.165, 1.54) is 158 Å². The Morgan fingerprint density at radius 1 is 0.390 bits per heavy atom. The van der Waals surface area contributed by atoms with Crippen molar-refractivity contribution in [1.29, 1.82) is 5.26 Å². The number of likely N-dealkylation sites (tertiary alicyclic amines) is 10. The molecule has 33 nitrogen and oxygen atoms in total. The number of carbonyl (C=O) groups is 1. The van der Waals surface area contributed by atoms with Gasteiger partial charge >= 0.3 is 12.3 Å². The summed E-state index contributed by atoms with van der Waals surface area (Å²) in [5, 5.41) is 10.9. The molecule has 0 radical (unpaired) electrons. The van der Waals surface area contributed by atoms with E-state index in [1.54, 1.807) is 35.6 Å². The average molecular weight is 2040 g/mol. The molecule has 10 fully saturated rings. The molecule has 0 spiro atoms. The first-order valence-electron chi connectivity index (χ1n) is 50.9. The van der Waals surface area contributed by atoms with E-state index < -0.39 is 11.9 Å². The summed E-state index contributed by atoms with van der Waals surface area (Å²) in [5.74, 6) is 15.7. The van der Waals surface area contributed by atoms with Crippen LogP contribution in [0.5, 0.6) is 0 Å². The molecule has 0 unspecified atom stereocenters. The largest absolute Gasteiger partial charge is 0.449 e. The van der Waals surface area contributed by atoms with E-state index in [0.717, 1.165) is 176 Å². The summed E-state index contributed by atoms with van der Waals surface area (Å²) in [6.45, 7) is 29.0. The van der Waals surface area contributed by atoms with Crippen molar-refractivity contribution in [1.82, 2.24) is 147 Å². The lowest BCUT2D eigenvalue weighted by Crippen LogP contribution is -2.31. The molecule has 0 amide bonds. The van der Waals surface area contributed by atoms with Crippen LogP contribution in [0.25, 0.3) is 0 Å². The summed E-state index contributed by atoms with van der Waals surface area (Å²) in [4.78, 5) is 92.9. The molecule has 10 saturated heterocycles. The topological polar surface area (TPSA) is 315 Å². The molecule has 10 aromatic rings. The fourth-order valence-electron chi connectivity index (χ4n) is 20.0. The van der Waals surface area contributed by atoms with Gasteiger partial charge in [0.15, 0.2) is 5.15 Å². The van der Waals surface area contributed by atoms with E-state index in [1.807, 2.05) is 56.6 Å². The molecule has 0 aliphatic carbocycles. The van der Waals surface area contributed by atoms with Gasteiger partial charge in [-0.05, 0) is 351 Å². The zero-order chi connectivity index (χ0) is 101. The second-order valence-corrected chi connectivity index (χ2v) is 42.0. The second-order valence-electron chi connectivity index (χ2n) is 40.5. The lowest BCUT2D eigenvalue weighted by atomic mass is 9.96. The highest BCUT2D eigenvalue weighted by molar-refractivity contribution is 6.40. The first-order valence-corrected chi connectivity index (χ1v) is 52.4. The van der Waals surface area contributed by atoms with E-state index in [2.05, 4.69) is 248 Å². The first-order chi connectivity index (χ1) is 67.6. The van der Waals surface area contributed by atoms with Crippen molar-refractivity contribution >= 4 is 52.5 Å². The summed E-state index contributed by atoms with van der Waals surface area (Å²) in [6.07, 6.45) is 39.5. The number of hydrogen-bond donors (Lipinski definition) is 5. The summed E-state index contributed by atoms with van der Waals surface area (Å²) in [6, 6.07) is 2.07. The number of piperidine rings is 10. The lowest BCUT2D eigenvalue weighted by molar-refractivity contribution is -0.141. The monoisotopic (exact) mass is 2040 g/mol. The maximum atomic E-state index is 12.4. The molecular weight excluding hydrogens is 1880 g/mol. The molecule has 20 rings (SSSR count). The Balaban J connectivity index is 0.000000150. The number of halogens is 7. The third-order valence-electron chi connectivity index (χ3n) is 29.5. The number of nitrogens with one attached hydrogen (secondary N) is 5. The third-order valence-corrected chi connectivity index (χ3v) is 30.7. The molecule has 0 bridgehead atoms. The molecule has 0 aromatic carbocycles. The van der Waals surface area contributed by atoms with Crippen LogP contribution in [-0.4, -0.2) is 361 Å². The number of aromatic nitrogens is 20. The zero-order valence-electron chi connectivity index (χ0n) is 86.8. The van der Waals surface area contributed by atoms with Gasteiger partial charge in [-0.3, -0.25) is 0 Å². The van der Waals surface area contributed by atoms with Gasteiger partial charge in [0.25, 0.3) is 0 Å².